The number of aryl methyl sites for hydroxylation is 2. The first-order valence-corrected chi connectivity index (χ1v) is 8.57. The maximum atomic E-state index is 11.9. The number of aromatic amines is 1. The lowest BCUT2D eigenvalue weighted by molar-refractivity contribution is 0.100. The number of H-pyrrole nitrogens is 1. The van der Waals surface area contributed by atoms with E-state index < -0.39 is 5.91 Å². The van der Waals surface area contributed by atoms with E-state index in [-0.39, 0.29) is 5.75 Å². The Morgan fingerprint density at radius 3 is 2.58 bits per heavy atom. The van der Waals surface area contributed by atoms with E-state index in [1.54, 1.807) is 18.2 Å². The summed E-state index contributed by atoms with van der Waals surface area (Å²) < 4.78 is 0. The number of rotatable bonds is 3. The predicted molar refractivity (Wildman–Crippen MR) is 105 cm³/mol. The molecule has 4 aromatic rings. The summed E-state index contributed by atoms with van der Waals surface area (Å²) in [5.74, 6) is -0.345. The molecule has 4 nitrogen and oxygen atoms in total. The molecule has 3 aromatic carbocycles. The van der Waals surface area contributed by atoms with E-state index in [0.717, 1.165) is 28.6 Å². The van der Waals surface area contributed by atoms with Crippen LogP contribution in [0.25, 0.3) is 21.8 Å². The lowest BCUT2D eigenvalue weighted by Gasteiger charge is -2.10. The number of aromatic nitrogens is 1. The van der Waals surface area contributed by atoms with Gasteiger partial charge in [-0.15, -0.1) is 0 Å². The fourth-order valence-electron chi connectivity index (χ4n) is 3.75. The first-order chi connectivity index (χ1) is 12.5. The van der Waals surface area contributed by atoms with Crippen LogP contribution in [0.1, 0.15) is 32.6 Å². The van der Waals surface area contributed by atoms with Crippen LogP contribution in [0.3, 0.4) is 0 Å². The fraction of sp³-hybridized carbons (Fsp3) is 0.136. The Labute approximate surface area is 151 Å². The van der Waals surface area contributed by atoms with Crippen molar-refractivity contribution in [3.63, 3.8) is 0 Å². The van der Waals surface area contributed by atoms with Crippen LogP contribution in [-0.2, 0) is 6.42 Å². The molecule has 4 N–H and O–H groups in total. The Morgan fingerprint density at radius 2 is 1.85 bits per heavy atom. The quantitative estimate of drug-likeness (QED) is 0.517. The molecular weight excluding hydrogens is 324 g/mol. The number of phenols is 1. The third kappa shape index (κ3) is 2.51. The van der Waals surface area contributed by atoms with E-state index in [2.05, 4.69) is 30.1 Å². The first kappa shape index (κ1) is 16.2. The van der Waals surface area contributed by atoms with Gasteiger partial charge >= 0.3 is 0 Å². The van der Waals surface area contributed by atoms with Crippen molar-refractivity contribution in [2.75, 3.05) is 0 Å². The molecule has 0 saturated carbocycles. The Morgan fingerprint density at radius 1 is 1.08 bits per heavy atom. The lowest BCUT2D eigenvalue weighted by Crippen LogP contribution is -2.11. The third-order valence-corrected chi connectivity index (χ3v) is 4.94. The molecule has 4 heteroatoms. The summed E-state index contributed by atoms with van der Waals surface area (Å²) in [7, 11) is 0. The summed E-state index contributed by atoms with van der Waals surface area (Å²) in [5.41, 5.74) is 12.1. The number of hydrogen-bond donors (Lipinski definition) is 3. The van der Waals surface area contributed by atoms with Crippen molar-refractivity contribution in [3.05, 3.63) is 76.3 Å². The van der Waals surface area contributed by atoms with Crippen LogP contribution in [0.5, 0.6) is 5.75 Å². The number of fused-ring (bicyclic) bond motifs is 3. The zero-order valence-corrected chi connectivity index (χ0v) is 14.8. The minimum Gasteiger partial charge on any atom is -0.507 e. The molecule has 0 spiro atoms. The van der Waals surface area contributed by atoms with E-state index in [9.17, 15) is 9.90 Å². The molecule has 0 aliphatic rings. The zero-order chi connectivity index (χ0) is 18.4. The van der Waals surface area contributed by atoms with E-state index in [1.165, 1.54) is 11.1 Å². The summed E-state index contributed by atoms with van der Waals surface area (Å²) in [5, 5.41) is 11.9. The van der Waals surface area contributed by atoms with Crippen molar-refractivity contribution in [2.45, 2.75) is 20.3 Å². The molecule has 130 valence electrons. The fourth-order valence-corrected chi connectivity index (χ4v) is 3.75. The molecule has 0 fully saturated rings. The van der Waals surface area contributed by atoms with Crippen LogP contribution >= 0.6 is 0 Å². The number of primary amides is 1. The van der Waals surface area contributed by atoms with Gasteiger partial charge in [-0.1, -0.05) is 35.9 Å². The zero-order valence-electron chi connectivity index (χ0n) is 14.8. The molecule has 0 radical (unpaired) electrons. The van der Waals surface area contributed by atoms with Crippen LogP contribution in [0.2, 0.25) is 0 Å². The number of aromatic hydroxyl groups is 1. The van der Waals surface area contributed by atoms with Crippen LogP contribution in [0.15, 0.2) is 48.5 Å². The molecular formula is C22H20N2O2. The Bertz CT molecular complexity index is 1170. The average Bonchev–Trinajstić information content (AvgIpc) is 2.98. The highest BCUT2D eigenvalue weighted by Crippen LogP contribution is 2.38. The minimum atomic E-state index is -0.503. The van der Waals surface area contributed by atoms with Gasteiger partial charge in [-0.05, 0) is 55.2 Å². The number of carbonyl (C=O) groups excluding carboxylic acids is 1. The normalized spacial score (nSPS) is 11.3. The molecule has 4 rings (SSSR count). The van der Waals surface area contributed by atoms with E-state index in [4.69, 9.17) is 5.73 Å². The van der Waals surface area contributed by atoms with Crippen molar-refractivity contribution >= 4 is 27.7 Å². The van der Waals surface area contributed by atoms with Crippen molar-refractivity contribution in [2.24, 2.45) is 5.73 Å². The Kier molecular flexibility index (Phi) is 3.69. The number of benzene rings is 3. The highest BCUT2D eigenvalue weighted by molar-refractivity contribution is 6.19. The molecule has 0 atom stereocenters. The summed E-state index contributed by atoms with van der Waals surface area (Å²) in [6.07, 6.45) is 0.739. The summed E-state index contributed by atoms with van der Waals surface area (Å²) >= 11 is 0. The second-order valence-electron chi connectivity index (χ2n) is 6.82. The summed E-state index contributed by atoms with van der Waals surface area (Å²) in [4.78, 5) is 15.3. The Balaban J connectivity index is 2.04. The van der Waals surface area contributed by atoms with Gasteiger partial charge < -0.3 is 15.8 Å². The topological polar surface area (TPSA) is 79.1 Å². The van der Waals surface area contributed by atoms with Crippen LogP contribution < -0.4 is 5.73 Å². The SMILES string of the molecule is Cc1cccc(Cc2c(C)cc(O)c3c2[nH]c2cccc(C(N)=O)c23)c1. The van der Waals surface area contributed by atoms with E-state index in [1.807, 2.05) is 19.1 Å². The van der Waals surface area contributed by atoms with Gasteiger partial charge in [0.15, 0.2) is 0 Å². The molecule has 0 aliphatic carbocycles. The molecule has 0 aliphatic heterocycles. The molecule has 0 unspecified atom stereocenters. The Hall–Kier alpha value is -3.27. The van der Waals surface area contributed by atoms with Gasteiger partial charge in [-0.25, -0.2) is 0 Å². The number of nitrogens with two attached hydrogens (primary N) is 1. The van der Waals surface area contributed by atoms with Gasteiger partial charge in [0.2, 0.25) is 5.91 Å². The molecule has 1 heterocycles. The lowest BCUT2D eigenvalue weighted by atomic mass is 9.95. The maximum Gasteiger partial charge on any atom is 0.249 e. The van der Waals surface area contributed by atoms with Gasteiger partial charge in [0, 0.05) is 16.5 Å². The minimum absolute atomic E-state index is 0.158. The van der Waals surface area contributed by atoms with Crippen LogP contribution in [-0.4, -0.2) is 16.0 Å². The third-order valence-electron chi connectivity index (χ3n) is 4.94. The van der Waals surface area contributed by atoms with Crippen molar-refractivity contribution in [1.82, 2.24) is 4.98 Å². The molecule has 0 bridgehead atoms. The predicted octanol–water partition coefficient (Wildman–Crippen LogP) is 4.33. The highest BCUT2D eigenvalue weighted by atomic mass is 16.3. The van der Waals surface area contributed by atoms with Gasteiger partial charge in [0.05, 0.1) is 10.9 Å². The molecule has 1 amide bonds. The summed E-state index contributed by atoms with van der Waals surface area (Å²) in [6, 6.07) is 15.5. The number of nitrogens with one attached hydrogen (secondary N) is 1. The second kappa shape index (κ2) is 5.92. The van der Waals surface area contributed by atoms with Crippen LogP contribution in [0.4, 0.5) is 0 Å². The maximum absolute atomic E-state index is 11.9. The van der Waals surface area contributed by atoms with Crippen molar-refractivity contribution in [1.29, 1.82) is 0 Å². The highest BCUT2D eigenvalue weighted by Gasteiger charge is 2.19. The number of amides is 1. The smallest absolute Gasteiger partial charge is 0.249 e. The van der Waals surface area contributed by atoms with Gasteiger partial charge in [-0.3, -0.25) is 4.79 Å². The van der Waals surface area contributed by atoms with Crippen molar-refractivity contribution in [3.8, 4) is 5.75 Å². The number of phenolic OH excluding ortho intramolecular Hbond substituents is 1. The van der Waals surface area contributed by atoms with Gasteiger partial charge in [-0.2, -0.15) is 0 Å². The van der Waals surface area contributed by atoms with Gasteiger partial charge in [0.25, 0.3) is 0 Å². The average molecular weight is 344 g/mol. The van der Waals surface area contributed by atoms with Crippen LogP contribution in [0, 0.1) is 13.8 Å². The number of carbonyl (C=O) groups is 1. The summed E-state index contributed by atoms with van der Waals surface area (Å²) in [6.45, 7) is 4.07. The van der Waals surface area contributed by atoms with E-state index in [0.29, 0.717) is 16.3 Å². The van der Waals surface area contributed by atoms with Crippen molar-refractivity contribution < 1.29 is 9.90 Å². The largest absolute Gasteiger partial charge is 0.507 e. The van der Waals surface area contributed by atoms with E-state index >= 15 is 0 Å². The van der Waals surface area contributed by atoms with Gasteiger partial charge in [0.1, 0.15) is 5.75 Å². The first-order valence-electron chi connectivity index (χ1n) is 8.57. The number of hydrogen-bond acceptors (Lipinski definition) is 2. The monoisotopic (exact) mass is 344 g/mol. The second-order valence-corrected chi connectivity index (χ2v) is 6.82. The molecule has 0 saturated heterocycles. The standard InChI is InChI=1S/C22H20N2O2/c1-12-5-3-6-14(9-12)11-16-13(2)10-18(25)20-19-15(22(23)26)7-4-8-17(19)24-21(16)20/h3-10,24-25H,11H2,1-2H3,(H2,23,26). The molecule has 26 heavy (non-hydrogen) atoms. The molecule has 1 aromatic heterocycles.